The summed E-state index contributed by atoms with van der Waals surface area (Å²) in [7, 11) is 1.82. The molecule has 3 unspecified atom stereocenters. The number of hydrogen-bond acceptors (Lipinski definition) is 2. The monoisotopic (exact) mass is 448 g/mol. The van der Waals surface area contributed by atoms with Crippen LogP contribution in [-0.2, 0) is 4.79 Å². The number of nitrogens with one attached hydrogen (secondary N) is 3. The molecule has 0 saturated heterocycles. The van der Waals surface area contributed by atoms with Gasteiger partial charge in [-0.3, -0.25) is 9.79 Å². The fourth-order valence-corrected chi connectivity index (χ4v) is 4.25. The van der Waals surface area contributed by atoms with Crippen molar-refractivity contribution < 1.29 is 4.79 Å². The SMILES string of the molecule is CN=C(NCCNC(=O)C1CC1)NC1CCC2CCCCC2C1.I. The second-order valence-corrected chi connectivity index (χ2v) is 7.52. The van der Waals surface area contributed by atoms with Gasteiger partial charge in [-0.1, -0.05) is 25.7 Å². The van der Waals surface area contributed by atoms with Crippen LogP contribution in [0.4, 0.5) is 0 Å². The minimum absolute atomic E-state index is 0. The second-order valence-electron chi connectivity index (χ2n) is 7.52. The molecule has 1 amide bonds. The van der Waals surface area contributed by atoms with Crippen LogP contribution in [0.2, 0.25) is 0 Å². The Hall–Kier alpha value is -0.530. The van der Waals surface area contributed by atoms with Gasteiger partial charge in [0.05, 0.1) is 0 Å². The standard InChI is InChI=1S/C18H32N4O.HI/c1-19-18(21-11-10-20-17(23)14-6-7-14)22-16-9-8-13-4-2-3-5-15(13)12-16;/h13-16H,2-12H2,1H3,(H,20,23)(H2,19,21,22);1H. The van der Waals surface area contributed by atoms with Gasteiger partial charge in [-0.05, 0) is 43.9 Å². The van der Waals surface area contributed by atoms with E-state index in [4.69, 9.17) is 0 Å². The van der Waals surface area contributed by atoms with Gasteiger partial charge in [0.25, 0.3) is 0 Å². The lowest BCUT2D eigenvalue weighted by Gasteiger charge is -2.39. The van der Waals surface area contributed by atoms with Crippen LogP contribution in [0, 0.1) is 17.8 Å². The topological polar surface area (TPSA) is 65.5 Å². The van der Waals surface area contributed by atoms with E-state index in [-0.39, 0.29) is 35.8 Å². The molecule has 3 fully saturated rings. The van der Waals surface area contributed by atoms with E-state index >= 15 is 0 Å². The van der Waals surface area contributed by atoms with Crippen LogP contribution >= 0.6 is 24.0 Å². The molecule has 0 heterocycles. The first-order valence-corrected chi connectivity index (χ1v) is 9.51. The van der Waals surface area contributed by atoms with E-state index < -0.39 is 0 Å². The largest absolute Gasteiger partial charge is 0.355 e. The van der Waals surface area contributed by atoms with Gasteiger partial charge >= 0.3 is 0 Å². The van der Waals surface area contributed by atoms with Crippen molar-refractivity contribution in [2.75, 3.05) is 20.1 Å². The molecule has 0 aromatic rings. The molecule has 3 N–H and O–H groups in total. The zero-order valence-corrected chi connectivity index (χ0v) is 17.2. The molecule has 3 aliphatic carbocycles. The Morgan fingerprint density at radius 2 is 1.67 bits per heavy atom. The van der Waals surface area contributed by atoms with Crippen molar-refractivity contribution in [2.45, 2.75) is 63.8 Å². The summed E-state index contributed by atoms with van der Waals surface area (Å²) in [5.74, 6) is 3.29. The normalized spacial score (nSPS) is 29.9. The molecule has 3 rings (SSSR count). The van der Waals surface area contributed by atoms with Crippen molar-refractivity contribution in [3.63, 3.8) is 0 Å². The summed E-state index contributed by atoms with van der Waals surface area (Å²) >= 11 is 0. The number of nitrogens with zero attached hydrogens (tertiary/aromatic N) is 1. The summed E-state index contributed by atoms with van der Waals surface area (Å²) < 4.78 is 0. The molecule has 0 bridgehead atoms. The zero-order chi connectivity index (χ0) is 16.1. The molecular weight excluding hydrogens is 415 g/mol. The minimum atomic E-state index is 0. The molecule has 0 aliphatic heterocycles. The molecule has 0 spiro atoms. The Balaban J connectivity index is 0.00000208. The van der Waals surface area contributed by atoms with Crippen LogP contribution in [0.3, 0.4) is 0 Å². The number of fused-ring (bicyclic) bond motifs is 1. The molecule has 138 valence electrons. The number of hydrogen-bond donors (Lipinski definition) is 3. The first-order chi connectivity index (χ1) is 11.3. The van der Waals surface area contributed by atoms with Gasteiger partial charge in [0.15, 0.2) is 5.96 Å². The van der Waals surface area contributed by atoms with Crippen molar-refractivity contribution in [2.24, 2.45) is 22.7 Å². The molecule has 0 aromatic heterocycles. The number of carbonyl (C=O) groups is 1. The van der Waals surface area contributed by atoms with Crippen LogP contribution in [-0.4, -0.2) is 38.0 Å². The van der Waals surface area contributed by atoms with Crippen molar-refractivity contribution in [1.82, 2.24) is 16.0 Å². The molecular formula is C18H33IN4O. The van der Waals surface area contributed by atoms with Crippen molar-refractivity contribution >= 4 is 35.8 Å². The van der Waals surface area contributed by atoms with E-state index in [0.29, 0.717) is 12.6 Å². The zero-order valence-electron chi connectivity index (χ0n) is 14.9. The van der Waals surface area contributed by atoms with Gasteiger partial charge in [-0.15, -0.1) is 24.0 Å². The van der Waals surface area contributed by atoms with Crippen molar-refractivity contribution in [3.05, 3.63) is 0 Å². The number of amides is 1. The quantitative estimate of drug-likeness (QED) is 0.262. The van der Waals surface area contributed by atoms with Crippen LogP contribution < -0.4 is 16.0 Å². The Kier molecular flexibility index (Phi) is 8.10. The summed E-state index contributed by atoms with van der Waals surface area (Å²) in [6, 6.07) is 0.557. The first-order valence-electron chi connectivity index (χ1n) is 9.51. The molecule has 24 heavy (non-hydrogen) atoms. The molecule has 5 nitrogen and oxygen atoms in total. The van der Waals surface area contributed by atoms with Gasteiger partial charge in [-0.2, -0.15) is 0 Å². The molecule has 0 aromatic carbocycles. The van der Waals surface area contributed by atoms with Crippen LogP contribution in [0.25, 0.3) is 0 Å². The van der Waals surface area contributed by atoms with Crippen LogP contribution in [0.1, 0.15) is 57.8 Å². The highest BCUT2D eigenvalue weighted by molar-refractivity contribution is 14.0. The van der Waals surface area contributed by atoms with E-state index in [1.54, 1.807) is 0 Å². The Morgan fingerprint density at radius 1 is 0.958 bits per heavy atom. The lowest BCUT2D eigenvalue weighted by Crippen LogP contribution is -2.48. The third kappa shape index (κ3) is 5.77. The van der Waals surface area contributed by atoms with E-state index in [0.717, 1.165) is 37.2 Å². The number of aliphatic imine (C=N–C) groups is 1. The van der Waals surface area contributed by atoms with Gasteiger partial charge in [0, 0.05) is 32.1 Å². The molecule has 6 heteroatoms. The number of halogens is 1. The fourth-order valence-electron chi connectivity index (χ4n) is 4.25. The highest BCUT2D eigenvalue weighted by atomic mass is 127. The van der Waals surface area contributed by atoms with Gasteiger partial charge < -0.3 is 16.0 Å². The average molecular weight is 448 g/mol. The Morgan fingerprint density at radius 3 is 2.38 bits per heavy atom. The van der Waals surface area contributed by atoms with E-state index in [1.165, 1.54) is 44.9 Å². The van der Waals surface area contributed by atoms with Gasteiger partial charge in [0.2, 0.25) is 5.91 Å². The first kappa shape index (κ1) is 19.8. The lowest BCUT2D eigenvalue weighted by molar-refractivity contribution is -0.122. The van der Waals surface area contributed by atoms with E-state index in [1.807, 2.05) is 7.05 Å². The van der Waals surface area contributed by atoms with Crippen LogP contribution in [0.15, 0.2) is 4.99 Å². The molecule has 3 aliphatic rings. The predicted molar refractivity (Wildman–Crippen MR) is 109 cm³/mol. The smallest absolute Gasteiger partial charge is 0.223 e. The maximum Gasteiger partial charge on any atom is 0.223 e. The third-order valence-electron chi connectivity index (χ3n) is 5.77. The van der Waals surface area contributed by atoms with Crippen LogP contribution in [0.5, 0.6) is 0 Å². The molecule has 3 atom stereocenters. The van der Waals surface area contributed by atoms with Crippen molar-refractivity contribution in [3.8, 4) is 0 Å². The van der Waals surface area contributed by atoms with E-state index in [2.05, 4.69) is 20.9 Å². The number of guanidine groups is 1. The number of rotatable bonds is 5. The summed E-state index contributed by atoms with van der Waals surface area (Å²) in [4.78, 5) is 15.9. The highest BCUT2D eigenvalue weighted by Gasteiger charge is 2.32. The fraction of sp³-hybridized carbons (Fsp3) is 0.889. The predicted octanol–water partition coefficient (Wildman–Crippen LogP) is 2.65. The summed E-state index contributed by atoms with van der Waals surface area (Å²) in [5, 5.41) is 9.90. The summed E-state index contributed by atoms with van der Waals surface area (Å²) in [5.41, 5.74) is 0. The highest BCUT2D eigenvalue weighted by Crippen LogP contribution is 2.40. The molecule has 3 saturated carbocycles. The minimum Gasteiger partial charge on any atom is -0.355 e. The molecule has 0 radical (unpaired) electrons. The Bertz CT molecular complexity index is 439. The average Bonchev–Trinajstić information content (AvgIpc) is 3.42. The van der Waals surface area contributed by atoms with Gasteiger partial charge in [-0.25, -0.2) is 0 Å². The third-order valence-corrected chi connectivity index (χ3v) is 5.77. The maximum atomic E-state index is 11.6. The lowest BCUT2D eigenvalue weighted by atomic mass is 9.69. The summed E-state index contributed by atoms with van der Waals surface area (Å²) in [6.07, 6.45) is 11.8. The maximum absolute atomic E-state index is 11.6. The number of carbonyl (C=O) groups excluding carboxylic acids is 1. The van der Waals surface area contributed by atoms with Gasteiger partial charge in [0.1, 0.15) is 0 Å². The Labute approximate surface area is 163 Å². The second kappa shape index (κ2) is 9.82. The van der Waals surface area contributed by atoms with E-state index in [9.17, 15) is 4.79 Å². The summed E-state index contributed by atoms with van der Waals surface area (Å²) in [6.45, 7) is 1.41. The van der Waals surface area contributed by atoms with Crippen molar-refractivity contribution in [1.29, 1.82) is 0 Å².